The second-order valence-corrected chi connectivity index (χ2v) is 15.0. The number of anilines is 6. The van der Waals surface area contributed by atoms with Crippen molar-refractivity contribution < 1.29 is 20.1 Å². The monoisotopic (exact) mass is 788 g/mol. The lowest BCUT2D eigenvalue weighted by Gasteiger charge is -2.26. The highest BCUT2D eigenvalue weighted by Gasteiger charge is 2.16. The smallest absolute Gasteiger partial charge is 0.121 e. The Morgan fingerprint density at radius 3 is 0.950 bits per heavy atom. The molecule has 60 heavy (non-hydrogen) atoms. The third-order valence-corrected chi connectivity index (χ3v) is 11.2. The van der Waals surface area contributed by atoms with Gasteiger partial charge in [0, 0.05) is 34.1 Å². The predicted molar refractivity (Wildman–Crippen MR) is 246 cm³/mol. The van der Waals surface area contributed by atoms with Crippen LogP contribution in [0.5, 0.6) is 5.75 Å². The molecule has 0 bridgehead atoms. The number of aryl methyl sites for hydroxylation is 2. The molecule has 0 unspecified atom stereocenters. The highest BCUT2D eigenvalue weighted by molar-refractivity contribution is 5.82. The van der Waals surface area contributed by atoms with Crippen molar-refractivity contribution in [3.05, 3.63) is 210 Å². The van der Waals surface area contributed by atoms with Gasteiger partial charge in [0.2, 0.25) is 0 Å². The first kappa shape index (κ1) is 39.8. The molecule has 6 heteroatoms. The lowest BCUT2D eigenvalue weighted by atomic mass is 9.99. The van der Waals surface area contributed by atoms with Gasteiger partial charge in [-0.05, 0) is 160 Å². The third-order valence-electron chi connectivity index (χ3n) is 11.2. The highest BCUT2D eigenvalue weighted by atomic mass is 16.5. The summed E-state index contributed by atoms with van der Waals surface area (Å²) in [7, 11) is 1.70. The summed E-state index contributed by atoms with van der Waals surface area (Å²) in [4.78, 5) is 4.45. The Bertz CT molecular complexity index is 2480. The van der Waals surface area contributed by atoms with Crippen molar-refractivity contribution in [1.82, 2.24) is 0 Å². The summed E-state index contributed by atoms with van der Waals surface area (Å²) in [6.07, 6.45) is 0. The zero-order chi connectivity index (χ0) is 41.6. The van der Waals surface area contributed by atoms with Crippen LogP contribution in [0.15, 0.2) is 182 Å². The Hall–Kier alpha value is -6.96. The van der Waals surface area contributed by atoms with Crippen molar-refractivity contribution in [1.29, 1.82) is 0 Å². The molecule has 0 heterocycles. The maximum atomic E-state index is 9.75. The van der Waals surface area contributed by atoms with Crippen LogP contribution in [0.1, 0.15) is 27.8 Å². The van der Waals surface area contributed by atoms with Gasteiger partial charge in [0.05, 0.1) is 26.9 Å². The molecule has 298 valence electrons. The van der Waals surface area contributed by atoms with Gasteiger partial charge < -0.3 is 29.9 Å². The summed E-state index contributed by atoms with van der Waals surface area (Å²) in [5.41, 5.74) is 17.5. The molecule has 6 nitrogen and oxygen atoms in total. The molecule has 8 rings (SSSR count). The SMILES string of the molecule is COc1ccc(-c2ccc(N(c3ccc(CO)cc3)c3ccc(-c4ccc(N(c5ccc(CO)cc5)c5ccc(-c6ccc(CO)c(C)c6)cc5)cc4)cc3)cc2)cc1C. The second kappa shape index (κ2) is 17.9. The fourth-order valence-electron chi connectivity index (χ4n) is 7.72. The molecule has 0 spiro atoms. The molecule has 0 amide bonds. The minimum atomic E-state index is -0.0126. The van der Waals surface area contributed by atoms with Crippen LogP contribution in [0.4, 0.5) is 34.1 Å². The minimum Gasteiger partial charge on any atom is -0.496 e. The number of rotatable bonds is 13. The first-order chi connectivity index (χ1) is 29.3. The van der Waals surface area contributed by atoms with E-state index in [-0.39, 0.29) is 19.8 Å². The van der Waals surface area contributed by atoms with E-state index in [4.69, 9.17) is 4.74 Å². The molecule has 0 aliphatic rings. The molecule has 0 radical (unpaired) electrons. The van der Waals surface area contributed by atoms with Gasteiger partial charge in [0.1, 0.15) is 5.75 Å². The summed E-state index contributed by atoms with van der Waals surface area (Å²) in [6, 6.07) is 62.8. The Labute approximate surface area is 352 Å². The molecule has 0 saturated heterocycles. The van der Waals surface area contributed by atoms with Gasteiger partial charge in [-0.15, -0.1) is 0 Å². The zero-order valence-corrected chi connectivity index (χ0v) is 34.1. The first-order valence-electron chi connectivity index (χ1n) is 20.1. The van der Waals surface area contributed by atoms with Crippen LogP contribution in [0.3, 0.4) is 0 Å². The quantitative estimate of drug-likeness (QED) is 0.108. The molecule has 0 atom stereocenters. The first-order valence-corrected chi connectivity index (χ1v) is 20.1. The zero-order valence-electron chi connectivity index (χ0n) is 34.1. The molecule has 8 aromatic rings. The molecule has 0 fully saturated rings. The van der Waals surface area contributed by atoms with Gasteiger partial charge in [-0.2, -0.15) is 0 Å². The number of benzene rings is 8. The summed E-state index contributed by atoms with van der Waals surface area (Å²) in [5, 5.41) is 29.1. The molecular weight excluding hydrogens is 741 g/mol. The average Bonchev–Trinajstić information content (AvgIpc) is 3.30. The highest BCUT2D eigenvalue weighted by Crippen LogP contribution is 2.40. The predicted octanol–water partition coefficient (Wildman–Crippen LogP) is 12.7. The molecule has 0 saturated carbocycles. The molecule has 3 N–H and O–H groups in total. The van der Waals surface area contributed by atoms with E-state index in [0.29, 0.717) is 0 Å². The van der Waals surface area contributed by atoms with Gasteiger partial charge in [-0.1, -0.05) is 97.1 Å². The summed E-state index contributed by atoms with van der Waals surface area (Å²) < 4.78 is 5.48. The Balaban J connectivity index is 1.08. The topological polar surface area (TPSA) is 76.4 Å². The number of hydrogen-bond acceptors (Lipinski definition) is 6. The molecule has 0 aliphatic heterocycles. The van der Waals surface area contributed by atoms with E-state index in [2.05, 4.69) is 138 Å². The average molecular weight is 789 g/mol. The van der Waals surface area contributed by atoms with Gasteiger partial charge in [-0.3, -0.25) is 0 Å². The minimum absolute atomic E-state index is 0.00878. The molecule has 0 aliphatic carbocycles. The second-order valence-electron chi connectivity index (χ2n) is 15.0. The number of hydrogen-bond donors (Lipinski definition) is 3. The van der Waals surface area contributed by atoms with E-state index in [1.165, 1.54) is 0 Å². The molecular formula is C54H48N2O4. The Morgan fingerprint density at radius 1 is 0.350 bits per heavy atom. The van der Waals surface area contributed by atoms with Crippen molar-refractivity contribution in [2.75, 3.05) is 16.9 Å². The maximum absolute atomic E-state index is 9.75. The molecule has 0 aromatic heterocycles. The number of ether oxygens (including phenoxy) is 1. The Morgan fingerprint density at radius 2 is 0.650 bits per heavy atom. The maximum Gasteiger partial charge on any atom is 0.121 e. The number of methoxy groups -OCH3 is 1. The number of nitrogens with zero attached hydrogens (tertiary/aromatic N) is 2. The van der Waals surface area contributed by atoms with Crippen LogP contribution in [-0.2, 0) is 19.8 Å². The standard InChI is InChI=1S/C54H48N2O4/c1-37-32-45(8-9-47(37)36-59)43-14-27-52(28-15-43)55(48-19-4-39(34-57)5-20-48)50-23-10-41(11-24-50)42-12-25-51(26-13-42)56(49-21-6-40(35-58)7-22-49)53-29-16-44(17-30-53)46-18-31-54(60-3)38(2)33-46/h4-33,57-59H,34-36H2,1-3H3. The van der Waals surface area contributed by atoms with Crippen molar-refractivity contribution in [3.63, 3.8) is 0 Å². The van der Waals surface area contributed by atoms with Crippen molar-refractivity contribution in [2.45, 2.75) is 33.7 Å². The van der Waals surface area contributed by atoms with Crippen LogP contribution in [0, 0.1) is 13.8 Å². The number of aliphatic hydroxyl groups excluding tert-OH is 3. The summed E-state index contributed by atoms with van der Waals surface area (Å²) in [6.45, 7) is 4.09. The van der Waals surface area contributed by atoms with E-state index >= 15 is 0 Å². The van der Waals surface area contributed by atoms with Crippen LogP contribution < -0.4 is 14.5 Å². The van der Waals surface area contributed by atoms with Crippen LogP contribution >= 0.6 is 0 Å². The van der Waals surface area contributed by atoms with Gasteiger partial charge in [-0.25, -0.2) is 0 Å². The van der Waals surface area contributed by atoms with Crippen molar-refractivity contribution >= 4 is 34.1 Å². The van der Waals surface area contributed by atoms with Crippen LogP contribution in [0.2, 0.25) is 0 Å². The fourth-order valence-corrected chi connectivity index (χ4v) is 7.72. The van der Waals surface area contributed by atoms with Crippen molar-refractivity contribution in [3.8, 4) is 39.1 Å². The van der Waals surface area contributed by atoms with E-state index in [0.717, 1.165) is 101 Å². The largest absolute Gasteiger partial charge is 0.496 e. The van der Waals surface area contributed by atoms with Gasteiger partial charge >= 0.3 is 0 Å². The van der Waals surface area contributed by atoms with Crippen LogP contribution in [0.25, 0.3) is 33.4 Å². The van der Waals surface area contributed by atoms with Crippen LogP contribution in [-0.4, -0.2) is 22.4 Å². The summed E-state index contributed by atoms with van der Waals surface area (Å²) in [5.74, 6) is 0.874. The third kappa shape index (κ3) is 8.44. The lowest BCUT2D eigenvalue weighted by molar-refractivity contribution is 0.281. The lowest BCUT2D eigenvalue weighted by Crippen LogP contribution is -2.10. The fraction of sp³-hybridized carbons (Fsp3) is 0.111. The van der Waals surface area contributed by atoms with Gasteiger partial charge in [0.15, 0.2) is 0 Å². The number of aliphatic hydroxyl groups is 3. The van der Waals surface area contributed by atoms with E-state index < -0.39 is 0 Å². The summed E-state index contributed by atoms with van der Waals surface area (Å²) >= 11 is 0. The van der Waals surface area contributed by atoms with E-state index in [1.54, 1.807) is 7.11 Å². The normalized spacial score (nSPS) is 11.0. The molecule has 8 aromatic carbocycles. The van der Waals surface area contributed by atoms with E-state index in [9.17, 15) is 15.3 Å². The van der Waals surface area contributed by atoms with Gasteiger partial charge in [0.25, 0.3) is 0 Å². The Kier molecular flexibility index (Phi) is 11.9. The van der Waals surface area contributed by atoms with Crippen molar-refractivity contribution in [2.24, 2.45) is 0 Å². The van der Waals surface area contributed by atoms with E-state index in [1.807, 2.05) is 67.6 Å².